The molecule has 5 heteroatoms. The van der Waals surface area contributed by atoms with Crippen molar-refractivity contribution in [1.82, 2.24) is 4.90 Å². The Balaban J connectivity index is 2.88. The topological polar surface area (TPSA) is 75.8 Å². The summed E-state index contributed by atoms with van der Waals surface area (Å²) < 4.78 is 5.33. The minimum Gasteiger partial charge on any atom is -0.395 e. The second-order valence-electron chi connectivity index (χ2n) is 5.23. The summed E-state index contributed by atoms with van der Waals surface area (Å²) in [6.07, 6.45) is 1.77. The Labute approximate surface area is 109 Å². The third-order valence-electron chi connectivity index (χ3n) is 3.99. The lowest BCUT2D eigenvalue weighted by Gasteiger charge is -2.37. The van der Waals surface area contributed by atoms with E-state index in [1.54, 1.807) is 4.90 Å². The summed E-state index contributed by atoms with van der Waals surface area (Å²) in [5.41, 5.74) is 5.34. The molecule has 1 rings (SSSR count). The van der Waals surface area contributed by atoms with Crippen LogP contribution in [0.5, 0.6) is 0 Å². The van der Waals surface area contributed by atoms with Gasteiger partial charge in [0, 0.05) is 18.6 Å². The Morgan fingerprint density at radius 2 is 2.17 bits per heavy atom. The molecule has 1 heterocycles. The molecule has 1 aliphatic heterocycles. The second-order valence-corrected chi connectivity index (χ2v) is 5.23. The van der Waals surface area contributed by atoms with Crippen molar-refractivity contribution in [3.63, 3.8) is 0 Å². The van der Waals surface area contributed by atoms with Gasteiger partial charge in [-0.1, -0.05) is 13.8 Å². The number of carbonyl (C=O) groups is 1. The molecule has 18 heavy (non-hydrogen) atoms. The van der Waals surface area contributed by atoms with Gasteiger partial charge in [0.1, 0.15) is 0 Å². The highest BCUT2D eigenvalue weighted by atomic mass is 16.5. The maximum absolute atomic E-state index is 12.7. The van der Waals surface area contributed by atoms with Crippen LogP contribution in [0.3, 0.4) is 0 Å². The number of carbonyl (C=O) groups excluding carboxylic acids is 1. The molecular formula is C13H26N2O3. The molecule has 0 bridgehead atoms. The van der Waals surface area contributed by atoms with E-state index in [1.807, 2.05) is 6.92 Å². The van der Waals surface area contributed by atoms with Gasteiger partial charge < -0.3 is 20.5 Å². The Morgan fingerprint density at radius 1 is 1.56 bits per heavy atom. The smallest absolute Gasteiger partial charge is 0.232 e. The van der Waals surface area contributed by atoms with E-state index in [1.165, 1.54) is 0 Å². The van der Waals surface area contributed by atoms with Crippen molar-refractivity contribution in [2.24, 2.45) is 11.1 Å². The predicted molar refractivity (Wildman–Crippen MR) is 70.1 cm³/mol. The van der Waals surface area contributed by atoms with Crippen molar-refractivity contribution in [2.75, 3.05) is 26.4 Å². The molecule has 0 aliphatic carbocycles. The highest BCUT2D eigenvalue weighted by Gasteiger charge is 2.47. The first kappa shape index (κ1) is 15.4. The van der Waals surface area contributed by atoms with E-state index in [2.05, 4.69) is 13.8 Å². The highest BCUT2D eigenvalue weighted by molar-refractivity contribution is 5.84. The molecule has 1 fully saturated rings. The van der Waals surface area contributed by atoms with Crippen LogP contribution in [-0.4, -0.2) is 54.4 Å². The van der Waals surface area contributed by atoms with Gasteiger partial charge >= 0.3 is 0 Å². The van der Waals surface area contributed by atoms with Crippen molar-refractivity contribution in [3.8, 4) is 0 Å². The normalized spacial score (nSPS) is 27.8. The minimum absolute atomic E-state index is 0.00949. The van der Waals surface area contributed by atoms with Gasteiger partial charge in [0.25, 0.3) is 0 Å². The molecule has 106 valence electrons. The van der Waals surface area contributed by atoms with Gasteiger partial charge in [-0.3, -0.25) is 4.79 Å². The second kappa shape index (κ2) is 6.50. The fourth-order valence-electron chi connectivity index (χ4n) is 2.52. The lowest BCUT2D eigenvalue weighted by atomic mass is 9.83. The summed E-state index contributed by atoms with van der Waals surface area (Å²) >= 11 is 0. The van der Waals surface area contributed by atoms with Gasteiger partial charge in [0.05, 0.1) is 25.2 Å². The lowest BCUT2D eigenvalue weighted by Crippen LogP contribution is -2.54. The molecule has 0 spiro atoms. The van der Waals surface area contributed by atoms with Crippen LogP contribution >= 0.6 is 0 Å². The maximum Gasteiger partial charge on any atom is 0.232 e. The Kier molecular flexibility index (Phi) is 5.56. The maximum atomic E-state index is 12.7. The van der Waals surface area contributed by atoms with Gasteiger partial charge in [-0.25, -0.2) is 0 Å². The number of aliphatic hydroxyl groups is 1. The molecular weight excluding hydrogens is 232 g/mol. The molecule has 1 amide bonds. The summed E-state index contributed by atoms with van der Waals surface area (Å²) in [6.45, 7) is 7.12. The number of amides is 1. The summed E-state index contributed by atoms with van der Waals surface area (Å²) in [6, 6.07) is -0.102. The lowest BCUT2D eigenvalue weighted by molar-refractivity contribution is -0.145. The average Bonchev–Trinajstić information content (AvgIpc) is 2.70. The van der Waals surface area contributed by atoms with Crippen molar-refractivity contribution in [3.05, 3.63) is 0 Å². The quantitative estimate of drug-likeness (QED) is 0.721. The fourth-order valence-corrected chi connectivity index (χ4v) is 2.52. The third kappa shape index (κ3) is 2.84. The van der Waals surface area contributed by atoms with Gasteiger partial charge in [-0.2, -0.15) is 0 Å². The third-order valence-corrected chi connectivity index (χ3v) is 3.99. The van der Waals surface area contributed by atoms with Gasteiger partial charge in [0.2, 0.25) is 5.91 Å². The molecule has 0 radical (unpaired) electrons. The number of ether oxygens (including phenoxy) is 1. The van der Waals surface area contributed by atoms with E-state index in [0.717, 1.165) is 12.8 Å². The van der Waals surface area contributed by atoms with Crippen LogP contribution in [-0.2, 0) is 9.53 Å². The molecule has 5 nitrogen and oxygen atoms in total. The number of aliphatic hydroxyl groups excluding tert-OH is 1. The number of nitrogens with two attached hydrogens (primary N) is 1. The SMILES string of the molecule is CCC(CC)N(CCO)C(=O)C1(C)COCC1N. The van der Waals surface area contributed by atoms with E-state index in [9.17, 15) is 4.79 Å². The minimum atomic E-state index is -0.655. The molecule has 2 unspecified atom stereocenters. The molecule has 0 aromatic carbocycles. The molecule has 0 saturated carbocycles. The van der Waals surface area contributed by atoms with E-state index in [0.29, 0.717) is 19.8 Å². The Hall–Kier alpha value is -0.650. The highest BCUT2D eigenvalue weighted by Crippen LogP contribution is 2.30. The molecule has 1 saturated heterocycles. The van der Waals surface area contributed by atoms with Crippen LogP contribution in [0.1, 0.15) is 33.6 Å². The summed E-state index contributed by atoms with van der Waals surface area (Å²) in [4.78, 5) is 14.5. The van der Waals surface area contributed by atoms with Crippen LogP contribution in [0.25, 0.3) is 0 Å². The number of hydrogen-bond donors (Lipinski definition) is 2. The first-order valence-electron chi connectivity index (χ1n) is 6.76. The first-order valence-corrected chi connectivity index (χ1v) is 6.76. The van der Waals surface area contributed by atoms with Crippen LogP contribution < -0.4 is 5.73 Å². The van der Waals surface area contributed by atoms with Crippen molar-refractivity contribution < 1.29 is 14.6 Å². The van der Waals surface area contributed by atoms with Crippen molar-refractivity contribution in [2.45, 2.75) is 45.7 Å². The standard InChI is InChI=1S/C13H26N2O3/c1-4-10(5-2)15(6-7-16)12(17)13(3)9-18-8-11(13)14/h10-11,16H,4-9,14H2,1-3H3. The zero-order chi connectivity index (χ0) is 13.8. The zero-order valence-electron chi connectivity index (χ0n) is 11.7. The van der Waals surface area contributed by atoms with Crippen LogP contribution in [0.2, 0.25) is 0 Å². The van der Waals surface area contributed by atoms with Crippen LogP contribution in [0, 0.1) is 5.41 Å². The zero-order valence-corrected chi connectivity index (χ0v) is 11.7. The van der Waals surface area contributed by atoms with E-state index in [4.69, 9.17) is 15.6 Å². The Bertz CT molecular complexity index is 281. The average molecular weight is 258 g/mol. The molecule has 1 aliphatic rings. The monoisotopic (exact) mass is 258 g/mol. The van der Waals surface area contributed by atoms with Crippen LogP contribution in [0.4, 0.5) is 0 Å². The fraction of sp³-hybridized carbons (Fsp3) is 0.923. The van der Waals surface area contributed by atoms with Gasteiger partial charge in [-0.15, -0.1) is 0 Å². The number of rotatable bonds is 6. The summed E-state index contributed by atoms with van der Waals surface area (Å²) in [5, 5.41) is 9.16. The summed E-state index contributed by atoms with van der Waals surface area (Å²) in [5.74, 6) is 0.00949. The molecule has 0 aromatic heterocycles. The van der Waals surface area contributed by atoms with Crippen LogP contribution in [0.15, 0.2) is 0 Å². The first-order chi connectivity index (χ1) is 8.51. The van der Waals surface area contributed by atoms with Crippen molar-refractivity contribution >= 4 is 5.91 Å². The largest absolute Gasteiger partial charge is 0.395 e. The molecule has 3 N–H and O–H groups in total. The van der Waals surface area contributed by atoms with E-state index in [-0.39, 0.29) is 24.6 Å². The van der Waals surface area contributed by atoms with E-state index >= 15 is 0 Å². The number of hydrogen-bond acceptors (Lipinski definition) is 4. The van der Waals surface area contributed by atoms with E-state index < -0.39 is 5.41 Å². The molecule has 0 aromatic rings. The number of nitrogens with zero attached hydrogens (tertiary/aromatic N) is 1. The van der Waals surface area contributed by atoms with Crippen molar-refractivity contribution in [1.29, 1.82) is 0 Å². The molecule has 2 atom stereocenters. The van der Waals surface area contributed by atoms with Gasteiger partial charge in [0.15, 0.2) is 0 Å². The predicted octanol–water partition coefficient (Wildman–Crippen LogP) is 0.360. The van der Waals surface area contributed by atoms with Gasteiger partial charge in [-0.05, 0) is 19.8 Å². The summed E-state index contributed by atoms with van der Waals surface area (Å²) in [7, 11) is 0. The Morgan fingerprint density at radius 3 is 2.56 bits per heavy atom.